The zero-order chi connectivity index (χ0) is 11.7. The number of anilines is 1. The number of hydrogen-bond acceptors (Lipinski definition) is 2. The highest BCUT2D eigenvalue weighted by atomic mass is 19.1. The van der Waals surface area contributed by atoms with Crippen LogP contribution in [0.4, 0.5) is 10.1 Å². The van der Waals surface area contributed by atoms with E-state index < -0.39 is 5.82 Å². The number of benzene rings is 1. The molecule has 2 rings (SSSR count). The normalized spacial score (nSPS) is 14.9. The van der Waals surface area contributed by atoms with Crippen LogP contribution in [0, 0.1) is 18.7 Å². The molecule has 0 saturated heterocycles. The molecule has 0 heterocycles. The molecule has 3 N–H and O–H groups in total. The summed E-state index contributed by atoms with van der Waals surface area (Å²) in [5, 5.41) is 2.83. The van der Waals surface area contributed by atoms with E-state index in [0.717, 1.165) is 0 Å². The minimum Gasteiger partial charge on any atom is -0.396 e. The molecular weight excluding hydrogens is 207 g/mol. The van der Waals surface area contributed by atoms with E-state index >= 15 is 0 Å². The van der Waals surface area contributed by atoms with Gasteiger partial charge in [0.1, 0.15) is 5.82 Å². The third-order valence-electron chi connectivity index (χ3n) is 2.84. The summed E-state index contributed by atoms with van der Waals surface area (Å²) in [4.78, 5) is 11.8. The van der Waals surface area contributed by atoms with Crippen LogP contribution in [0.2, 0.25) is 0 Å². The second-order valence-corrected chi connectivity index (χ2v) is 4.34. The first-order chi connectivity index (χ1) is 7.58. The minimum absolute atomic E-state index is 0.0159. The van der Waals surface area contributed by atoms with Crippen molar-refractivity contribution in [2.75, 3.05) is 12.3 Å². The Balaban J connectivity index is 2.11. The topological polar surface area (TPSA) is 55.1 Å². The zero-order valence-electron chi connectivity index (χ0n) is 9.22. The predicted octanol–water partition coefficient (Wildman–Crippen LogP) is 1.86. The van der Waals surface area contributed by atoms with Gasteiger partial charge in [-0.3, -0.25) is 4.79 Å². The first-order valence-electron chi connectivity index (χ1n) is 5.41. The van der Waals surface area contributed by atoms with Crippen LogP contribution in [0.5, 0.6) is 0 Å². The van der Waals surface area contributed by atoms with Gasteiger partial charge >= 0.3 is 0 Å². The van der Waals surface area contributed by atoms with Crippen LogP contribution in [-0.4, -0.2) is 12.5 Å². The Morgan fingerprint density at radius 1 is 1.56 bits per heavy atom. The van der Waals surface area contributed by atoms with Crippen LogP contribution >= 0.6 is 0 Å². The fourth-order valence-electron chi connectivity index (χ4n) is 1.59. The van der Waals surface area contributed by atoms with Crippen LogP contribution in [0.15, 0.2) is 12.1 Å². The number of aryl methyl sites for hydroxylation is 1. The lowest BCUT2D eigenvalue weighted by molar-refractivity contribution is 0.0951. The van der Waals surface area contributed by atoms with Crippen molar-refractivity contribution in [1.29, 1.82) is 0 Å². The smallest absolute Gasteiger partial charge is 0.251 e. The molecule has 1 aromatic carbocycles. The number of nitrogen functional groups attached to an aromatic ring is 1. The van der Waals surface area contributed by atoms with E-state index in [4.69, 9.17) is 5.73 Å². The maximum Gasteiger partial charge on any atom is 0.251 e. The van der Waals surface area contributed by atoms with Crippen LogP contribution in [0.1, 0.15) is 28.8 Å². The molecule has 4 heteroatoms. The summed E-state index contributed by atoms with van der Waals surface area (Å²) in [6, 6.07) is 2.69. The van der Waals surface area contributed by atoms with Crippen molar-refractivity contribution in [3.05, 3.63) is 29.1 Å². The zero-order valence-corrected chi connectivity index (χ0v) is 9.22. The average molecular weight is 222 g/mol. The highest BCUT2D eigenvalue weighted by Crippen LogP contribution is 2.27. The molecule has 0 radical (unpaired) electrons. The van der Waals surface area contributed by atoms with Gasteiger partial charge in [-0.2, -0.15) is 0 Å². The molecule has 0 aliphatic heterocycles. The maximum atomic E-state index is 13.1. The highest BCUT2D eigenvalue weighted by molar-refractivity contribution is 5.96. The molecule has 16 heavy (non-hydrogen) atoms. The van der Waals surface area contributed by atoms with Crippen molar-refractivity contribution in [3.63, 3.8) is 0 Å². The molecule has 0 unspecified atom stereocenters. The highest BCUT2D eigenvalue weighted by Gasteiger charge is 2.22. The molecule has 3 nitrogen and oxygen atoms in total. The van der Waals surface area contributed by atoms with Crippen molar-refractivity contribution in [1.82, 2.24) is 5.32 Å². The number of amides is 1. The molecule has 0 spiro atoms. The Morgan fingerprint density at radius 3 is 2.88 bits per heavy atom. The lowest BCUT2D eigenvalue weighted by Gasteiger charge is -2.08. The second kappa shape index (κ2) is 4.12. The van der Waals surface area contributed by atoms with Gasteiger partial charge in [-0.15, -0.1) is 0 Å². The number of rotatable bonds is 3. The maximum absolute atomic E-state index is 13.1. The molecule has 1 fully saturated rings. The summed E-state index contributed by atoms with van der Waals surface area (Å²) >= 11 is 0. The molecular formula is C12H15FN2O. The summed E-state index contributed by atoms with van der Waals surface area (Å²) in [6.07, 6.45) is 2.37. The summed E-state index contributed by atoms with van der Waals surface area (Å²) in [5.74, 6) is -0.0191. The summed E-state index contributed by atoms with van der Waals surface area (Å²) in [5.41, 5.74) is 6.53. The van der Waals surface area contributed by atoms with Crippen molar-refractivity contribution in [3.8, 4) is 0 Å². The van der Waals surface area contributed by atoms with Crippen molar-refractivity contribution in [2.45, 2.75) is 19.8 Å². The Hall–Kier alpha value is -1.58. The number of halogens is 1. The third kappa shape index (κ3) is 2.32. The largest absolute Gasteiger partial charge is 0.396 e. The van der Waals surface area contributed by atoms with Gasteiger partial charge in [0, 0.05) is 12.1 Å². The second-order valence-electron chi connectivity index (χ2n) is 4.34. The molecule has 86 valence electrons. The third-order valence-corrected chi connectivity index (χ3v) is 2.84. The molecule has 1 amide bonds. The number of hydrogen-bond donors (Lipinski definition) is 2. The van der Waals surface area contributed by atoms with Crippen LogP contribution in [0.3, 0.4) is 0 Å². The van der Waals surface area contributed by atoms with E-state index in [1.165, 1.54) is 25.0 Å². The minimum atomic E-state index is -0.476. The fraction of sp³-hybridized carbons (Fsp3) is 0.417. The molecule has 1 aliphatic carbocycles. The van der Waals surface area contributed by atoms with E-state index in [0.29, 0.717) is 23.6 Å². The van der Waals surface area contributed by atoms with Gasteiger partial charge in [0.25, 0.3) is 5.91 Å². The number of carbonyl (C=O) groups is 1. The molecule has 1 aromatic rings. The molecule has 0 aromatic heterocycles. The number of nitrogens with one attached hydrogen (secondary N) is 1. The first-order valence-corrected chi connectivity index (χ1v) is 5.41. The standard InChI is InChI=1S/C12H15FN2O/c1-7-4-10(13)11(14)5-9(7)12(16)15-6-8-2-3-8/h4-5,8H,2-3,6,14H2,1H3,(H,15,16). The quantitative estimate of drug-likeness (QED) is 0.767. The van der Waals surface area contributed by atoms with Crippen LogP contribution < -0.4 is 11.1 Å². The van der Waals surface area contributed by atoms with E-state index in [1.807, 2.05) is 0 Å². The van der Waals surface area contributed by atoms with Crippen molar-refractivity contribution < 1.29 is 9.18 Å². The molecule has 0 bridgehead atoms. The van der Waals surface area contributed by atoms with Gasteiger partial charge in [-0.1, -0.05) is 0 Å². The Bertz CT molecular complexity index is 427. The monoisotopic (exact) mass is 222 g/mol. The first kappa shape index (κ1) is 10.9. The van der Waals surface area contributed by atoms with E-state index in [1.54, 1.807) is 6.92 Å². The Kier molecular flexibility index (Phi) is 2.81. The predicted molar refractivity (Wildman–Crippen MR) is 60.6 cm³/mol. The lowest BCUT2D eigenvalue weighted by Crippen LogP contribution is -2.26. The molecule has 1 saturated carbocycles. The average Bonchev–Trinajstić information content (AvgIpc) is 3.03. The number of nitrogens with two attached hydrogens (primary N) is 1. The van der Waals surface area contributed by atoms with Gasteiger partial charge in [-0.25, -0.2) is 4.39 Å². The van der Waals surface area contributed by atoms with Gasteiger partial charge in [0.05, 0.1) is 5.69 Å². The van der Waals surface area contributed by atoms with E-state index in [9.17, 15) is 9.18 Å². The fourth-order valence-corrected chi connectivity index (χ4v) is 1.59. The van der Waals surface area contributed by atoms with Crippen molar-refractivity contribution in [2.24, 2.45) is 5.92 Å². The molecule has 1 aliphatic rings. The van der Waals surface area contributed by atoms with Crippen molar-refractivity contribution >= 4 is 11.6 Å². The Labute approximate surface area is 93.8 Å². The van der Waals surface area contributed by atoms with E-state index in [2.05, 4.69) is 5.32 Å². The van der Waals surface area contributed by atoms with Crippen LogP contribution in [0.25, 0.3) is 0 Å². The Morgan fingerprint density at radius 2 is 2.25 bits per heavy atom. The summed E-state index contributed by atoms with van der Waals surface area (Å²) in [7, 11) is 0. The van der Waals surface area contributed by atoms with E-state index in [-0.39, 0.29) is 11.6 Å². The van der Waals surface area contributed by atoms with Gasteiger partial charge in [0.2, 0.25) is 0 Å². The number of carbonyl (C=O) groups excluding carboxylic acids is 1. The summed E-state index contributed by atoms with van der Waals surface area (Å²) in [6.45, 7) is 2.41. The SMILES string of the molecule is Cc1cc(F)c(N)cc1C(=O)NCC1CC1. The van der Waals surface area contributed by atoms with Crippen LogP contribution in [-0.2, 0) is 0 Å². The molecule has 0 atom stereocenters. The van der Waals surface area contributed by atoms with Gasteiger partial charge in [0.15, 0.2) is 0 Å². The summed E-state index contributed by atoms with van der Waals surface area (Å²) < 4.78 is 13.1. The lowest BCUT2D eigenvalue weighted by atomic mass is 10.1. The van der Waals surface area contributed by atoms with Gasteiger partial charge < -0.3 is 11.1 Å². The van der Waals surface area contributed by atoms with Gasteiger partial charge in [-0.05, 0) is 43.4 Å².